The van der Waals surface area contributed by atoms with Crippen LogP contribution in [0.4, 0.5) is 10.1 Å². The Balaban J connectivity index is 3.10. The molecule has 3 N–H and O–H groups in total. The zero-order valence-electron chi connectivity index (χ0n) is 10.5. The highest BCUT2D eigenvalue weighted by Crippen LogP contribution is 2.29. The van der Waals surface area contributed by atoms with Gasteiger partial charge in [0.2, 0.25) is 0 Å². The lowest BCUT2D eigenvalue weighted by Gasteiger charge is -2.25. The number of benzene rings is 1. The van der Waals surface area contributed by atoms with Crippen LogP contribution in [-0.2, 0) is 4.74 Å². The third-order valence-corrected chi connectivity index (χ3v) is 3.60. The second-order valence-corrected chi connectivity index (χ2v) is 5.06. The van der Waals surface area contributed by atoms with Gasteiger partial charge in [-0.2, -0.15) is 0 Å². The molecular formula is C12H16BrFN2O2S. The molecule has 1 rings (SSSR count). The summed E-state index contributed by atoms with van der Waals surface area (Å²) in [6.45, 7) is 1.16. The highest BCUT2D eigenvalue weighted by Gasteiger charge is 2.17. The average molecular weight is 351 g/mol. The summed E-state index contributed by atoms with van der Waals surface area (Å²) in [5.74, 6) is -0.449. The van der Waals surface area contributed by atoms with Crippen LogP contribution < -0.4 is 10.6 Å². The van der Waals surface area contributed by atoms with Crippen molar-refractivity contribution in [1.29, 1.82) is 0 Å². The van der Waals surface area contributed by atoms with E-state index in [1.54, 1.807) is 24.1 Å². The Morgan fingerprint density at radius 2 is 2.21 bits per heavy atom. The first-order valence-corrected chi connectivity index (χ1v) is 6.85. The van der Waals surface area contributed by atoms with Crippen molar-refractivity contribution >= 4 is 38.8 Å². The normalized spacial score (nSPS) is 10.5. The van der Waals surface area contributed by atoms with E-state index in [-0.39, 0.29) is 16.1 Å². The lowest BCUT2D eigenvalue weighted by molar-refractivity contribution is 0.202. The van der Waals surface area contributed by atoms with Crippen LogP contribution in [0.25, 0.3) is 0 Å². The number of anilines is 1. The van der Waals surface area contributed by atoms with Crippen molar-refractivity contribution in [2.24, 2.45) is 5.73 Å². The number of hydrogen-bond acceptors (Lipinski definition) is 4. The fourth-order valence-corrected chi connectivity index (χ4v) is 2.50. The van der Waals surface area contributed by atoms with Gasteiger partial charge in [-0.25, -0.2) is 4.39 Å². The summed E-state index contributed by atoms with van der Waals surface area (Å²) in [7, 11) is 1.57. The summed E-state index contributed by atoms with van der Waals surface area (Å²) in [6.07, 6.45) is 0. The number of thiocarbonyl (C=S) groups is 1. The molecule has 1 aromatic rings. The first kappa shape index (κ1) is 16.3. The summed E-state index contributed by atoms with van der Waals surface area (Å²) in [5, 5.41) is 9.04. The van der Waals surface area contributed by atoms with Gasteiger partial charge in [-0.3, -0.25) is 0 Å². The fourth-order valence-electron chi connectivity index (χ4n) is 1.65. The lowest BCUT2D eigenvalue weighted by atomic mass is 10.2. The average Bonchev–Trinajstić information content (AvgIpc) is 2.37. The van der Waals surface area contributed by atoms with E-state index in [1.807, 2.05) is 0 Å². The molecule has 1 aromatic carbocycles. The van der Waals surface area contributed by atoms with Gasteiger partial charge in [0.05, 0.1) is 23.4 Å². The second kappa shape index (κ2) is 7.74. The van der Waals surface area contributed by atoms with Crippen LogP contribution in [0.3, 0.4) is 0 Å². The fraction of sp³-hybridized carbons (Fsp3) is 0.417. The molecule has 0 atom stereocenters. The van der Waals surface area contributed by atoms with Gasteiger partial charge < -0.3 is 20.5 Å². The molecule has 0 spiro atoms. The van der Waals surface area contributed by atoms with Gasteiger partial charge in [0.1, 0.15) is 4.99 Å². The zero-order chi connectivity index (χ0) is 14.4. The number of nitrogens with zero attached hydrogens (tertiary/aromatic N) is 1. The van der Waals surface area contributed by atoms with E-state index < -0.39 is 5.82 Å². The highest BCUT2D eigenvalue weighted by atomic mass is 79.9. The van der Waals surface area contributed by atoms with Crippen molar-refractivity contribution in [3.63, 3.8) is 0 Å². The Hall–Kier alpha value is -0.760. The molecule has 0 radical (unpaired) electrons. The van der Waals surface area contributed by atoms with E-state index in [0.717, 1.165) is 0 Å². The molecule has 0 aromatic heterocycles. The monoisotopic (exact) mass is 350 g/mol. The molecule has 0 aliphatic carbocycles. The Morgan fingerprint density at radius 3 is 2.74 bits per heavy atom. The van der Waals surface area contributed by atoms with Gasteiger partial charge in [0, 0.05) is 25.8 Å². The summed E-state index contributed by atoms with van der Waals surface area (Å²) < 4.78 is 19.5. The predicted octanol–water partition coefficient (Wildman–Crippen LogP) is 1.67. The van der Waals surface area contributed by atoms with Crippen LogP contribution in [0.1, 0.15) is 5.56 Å². The van der Waals surface area contributed by atoms with Crippen LogP contribution >= 0.6 is 28.1 Å². The van der Waals surface area contributed by atoms with Crippen molar-refractivity contribution in [2.75, 3.05) is 38.3 Å². The van der Waals surface area contributed by atoms with Crippen molar-refractivity contribution in [3.8, 4) is 0 Å². The SMILES string of the molecule is COCCN(CCO)c1ccc(C(N)=S)c(Br)c1F. The molecule has 0 aliphatic rings. The molecule has 19 heavy (non-hydrogen) atoms. The smallest absolute Gasteiger partial charge is 0.161 e. The maximum atomic E-state index is 14.3. The first-order valence-electron chi connectivity index (χ1n) is 5.65. The molecule has 0 saturated heterocycles. The van der Waals surface area contributed by atoms with Gasteiger partial charge >= 0.3 is 0 Å². The molecule has 106 valence electrons. The van der Waals surface area contributed by atoms with Crippen LogP contribution in [0.2, 0.25) is 0 Å². The van der Waals surface area contributed by atoms with Gasteiger partial charge in [-0.15, -0.1) is 0 Å². The van der Waals surface area contributed by atoms with Crippen molar-refractivity contribution in [1.82, 2.24) is 0 Å². The Morgan fingerprint density at radius 1 is 1.53 bits per heavy atom. The molecule has 4 nitrogen and oxygen atoms in total. The summed E-state index contributed by atoms with van der Waals surface area (Å²) >= 11 is 8.00. The number of aliphatic hydroxyl groups excluding tert-OH is 1. The molecular weight excluding hydrogens is 335 g/mol. The van der Waals surface area contributed by atoms with E-state index in [2.05, 4.69) is 15.9 Å². The van der Waals surface area contributed by atoms with Crippen molar-refractivity contribution < 1.29 is 14.2 Å². The van der Waals surface area contributed by atoms with Crippen molar-refractivity contribution in [3.05, 3.63) is 28.0 Å². The molecule has 0 unspecified atom stereocenters. The molecule has 0 amide bonds. The van der Waals surface area contributed by atoms with E-state index in [9.17, 15) is 4.39 Å². The van der Waals surface area contributed by atoms with Gasteiger partial charge in [-0.05, 0) is 28.1 Å². The van der Waals surface area contributed by atoms with Gasteiger partial charge in [0.25, 0.3) is 0 Å². The Bertz CT molecular complexity index is 460. The van der Waals surface area contributed by atoms with Crippen LogP contribution in [0, 0.1) is 5.82 Å². The minimum absolute atomic E-state index is 0.0716. The minimum atomic E-state index is -0.449. The summed E-state index contributed by atoms with van der Waals surface area (Å²) in [5.41, 5.74) is 6.33. The maximum absolute atomic E-state index is 14.3. The molecule has 0 saturated carbocycles. The topological polar surface area (TPSA) is 58.7 Å². The molecule has 0 heterocycles. The molecule has 0 bridgehead atoms. The summed E-state index contributed by atoms with van der Waals surface area (Å²) in [4.78, 5) is 1.83. The Labute approximate surface area is 125 Å². The number of methoxy groups -OCH3 is 1. The quantitative estimate of drug-likeness (QED) is 0.732. The minimum Gasteiger partial charge on any atom is -0.395 e. The second-order valence-electron chi connectivity index (χ2n) is 3.83. The van der Waals surface area contributed by atoms with E-state index in [0.29, 0.717) is 30.9 Å². The third kappa shape index (κ3) is 4.10. The third-order valence-electron chi connectivity index (χ3n) is 2.60. The molecule has 0 aliphatic heterocycles. The number of ether oxygens (including phenoxy) is 1. The first-order chi connectivity index (χ1) is 9.02. The lowest BCUT2D eigenvalue weighted by Crippen LogP contribution is -2.31. The predicted molar refractivity (Wildman–Crippen MR) is 81.2 cm³/mol. The maximum Gasteiger partial charge on any atom is 0.161 e. The standard InChI is InChI=1S/C12H16BrFN2O2S/c1-18-7-5-16(4-6-17)9-3-2-8(12(15)19)10(13)11(9)14/h2-3,17H,4-7H2,1H3,(H2,15,19). The van der Waals surface area contributed by atoms with E-state index in [1.165, 1.54) is 0 Å². The van der Waals surface area contributed by atoms with E-state index >= 15 is 0 Å². The van der Waals surface area contributed by atoms with Crippen molar-refractivity contribution in [2.45, 2.75) is 0 Å². The Kier molecular flexibility index (Phi) is 6.64. The summed E-state index contributed by atoms with van der Waals surface area (Å²) in [6, 6.07) is 3.25. The number of halogens is 2. The van der Waals surface area contributed by atoms with Crippen LogP contribution in [0.5, 0.6) is 0 Å². The highest BCUT2D eigenvalue weighted by molar-refractivity contribution is 9.10. The molecule has 0 fully saturated rings. The van der Waals surface area contributed by atoms with Gasteiger partial charge in [0.15, 0.2) is 5.82 Å². The number of aliphatic hydroxyl groups is 1. The largest absolute Gasteiger partial charge is 0.395 e. The zero-order valence-corrected chi connectivity index (χ0v) is 12.9. The van der Waals surface area contributed by atoms with E-state index in [4.69, 9.17) is 27.8 Å². The van der Waals surface area contributed by atoms with Crippen LogP contribution in [0.15, 0.2) is 16.6 Å². The van der Waals surface area contributed by atoms with Gasteiger partial charge in [-0.1, -0.05) is 12.2 Å². The number of nitrogens with two attached hydrogens (primary N) is 1. The number of rotatable bonds is 7. The molecule has 7 heteroatoms. The number of hydrogen-bond donors (Lipinski definition) is 2. The van der Waals surface area contributed by atoms with Crippen LogP contribution in [-0.4, -0.2) is 43.5 Å².